The van der Waals surface area contributed by atoms with Gasteiger partial charge in [0, 0.05) is 50.3 Å². The number of piperidine rings is 1. The molecule has 174 valence electrons. The summed E-state index contributed by atoms with van der Waals surface area (Å²) in [5, 5.41) is 3.63. The Morgan fingerprint density at radius 2 is 1.66 bits per heavy atom. The van der Waals surface area contributed by atoms with Crippen molar-refractivity contribution in [3.8, 4) is 0 Å². The lowest BCUT2D eigenvalue weighted by Crippen LogP contribution is -2.50. The van der Waals surface area contributed by atoms with Gasteiger partial charge in [0.15, 0.2) is 0 Å². The Hall–Kier alpha value is -1.59. The van der Waals surface area contributed by atoms with Gasteiger partial charge in [-0.05, 0) is 57.1 Å². The van der Waals surface area contributed by atoms with Crippen LogP contribution >= 0.6 is 0 Å². The zero-order chi connectivity index (χ0) is 21.5. The fraction of sp³-hybridized carbons (Fsp3) is 0.741. The molecule has 4 fully saturated rings. The molecule has 0 radical (unpaired) electrons. The Labute approximate surface area is 193 Å². The lowest BCUT2D eigenvalue weighted by Gasteiger charge is -2.46. The molecule has 5 nitrogen and oxygen atoms in total. The summed E-state index contributed by atoms with van der Waals surface area (Å²) in [6.07, 6.45) is 13.7. The molecule has 1 aromatic heterocycles. The summed E-state index contributed by atoms with van der Waals surface area (Å²) < 4.78 is 2.65. The molecule has 0 spiro atoms. The molecule has 1 N–H and O–H groups in total. The molecule has 5 heteroatoms. The molecule has 2 unspecified atom stereocenters. The second kappa shape index (κ2) is 8.64. The maximum absolute atomic E-state index is 5.22. The molecule has 32 heavy (non-hydrogen) atoms. The summed E-state index contributed by atoms with van der Waals surface area (Å²) in [6.45, 7) is 8.50. The van der Waals surface area contributed by atoms with Gasteiger partial charge < -0.3 is 14.8 Å². The number of fused-ring (bicyclic) bond motifs is 2. The van der Waals surface area contributed by atoms with Crippen LogP contribution < -0.4 is 10.2 Å². The number of anilines is 1. The molecule has 1 aromatic carbocycles. The van der Waals surface area contributed by atoms with Crippen LogP contribution in [-0.2, 0) is 0 Å². The van der Waals surface area contributed by atoms with Crippen molar-refractivity contribution < 1.29 is 0 Å². The molecule has 4 heterocycles. The highest BCUT2D eigenvalue weighted by Crippen LogP contribution is 2.40. The molecule has 2 aromatic rings. The summed E-state index contributed by atoms with van der Waals surface area (Å²) in [7, 11) is 0. The lowest BCUT2D eigenvalue weighted by atomic mass is 9.82. The van der Waals surface area contributed by atoms with Crippen molar-refractivity contribution in [1.29, 1.82) is 0 Å². The first-order valence-corrected chi connectivity index (χ1v) is 13.4. The third-order valence-corrected chi connectivity index (χ3v) is 9.30. The molecule has 1 aliphatic carbocycles. The normalized spacial score (nSPS) is 29.8. The van der Waals surface area contributed by atoms with Crippen molar-refractivity contribution in [1.82, 2.24) is 19.8 Å². The van der Waals surface area contributed by atoms with Crippen molar-refractivity contribution in [2.75, 3.05) is 37.6 Å². The van der Waals surface area contributed by atoms with Crippen LogP contribution in [0.3, 0.4) is 0 Å². The Kier molecular flexibility index (Phi) is 5.67. The fourth-order valence-corrected chi connectivity index (χ4v) is 7.34. The van der Waals surface area contributed by atoms with E-state index in [0.29, 0.717) is 17.6 Å². The Bertz CT molecular complexity index is 919. The summed E-state index contributed by atoms with van der Waals surface area (Å²) in [4.78, 5) is 10.7. The molecule has 0 amide bonds. The van der Waals surface area contributed by atoms with Gasteiger partial charge in [-0.25, -0.2) is 4.98 Å². The minimum absolute atomic E-state index is 0.420. The predicted octanol–water partition coefficient (Wildman–Crippen LogP) is 4.97. The van der Waals surface area contributed by atoms with E-state index >= 15 is 0 Å². The quantitative estimate of drug-likeness (QED) is 0.738. The van der Waals surface area contributed by atoms with E-state index in [1.165, 1.54) is 101 Å². The number of likely N-dealkylation sites (tertiary alicyclic amines) is 1. The van der Waals surface area contributed by atoms with Crippen LogP contribution in [0.15, 0.2) is 24.3 Å². The van der Waals surface area contributed by atoms with Crippen LogP contribution in [0.4, 0.5) is 5.95 Å². The Morgan fingerprint density at radius 3 is 2.47 bits per heavy atom. The molecular formula is C27H41N5. The van der Waals surface area contributed by atoms with Crippen LogP contribution in [0.25, 0.3) is 11.0 Å². The summed E-state index contributed by atoms with van der Waals surface area (Å²) in [6, 6.07) is 10.0. The highest BCUT2D eigenvalue weighted by molar-refractivity contribution is 5.79. The van der Waals surface area contributed by atoms with E-state index in [0.717, 1.165) is 19.0 Å². The summed E-state index contributed by atoms with van der Waals surface area (Å²) >= 11 is 0. The minimum atomic E-state index is 0.420. The number of para-hydroxylation sites is 2. The van der Waals surface area contributed by atoms with E-state index < -0.39 is 0 Å². The molecule has 4 aliphatic rings. The smallest absolute Gasteiger partial charge is 0.207 e. The lowest BCUT2D eigenvalue weighted by molar-refractivity contribution is 0.0442. The van der Waals surface area contributed by atoms with Crippen molar-refractivity contribution in [2.24, 2.45) is 5.92 Å². The number of aromatic nitrogens is 2. The first-order chi connectivity index (χ1) is 15.7. The number of hydrogen-bond donors (Lipinski definition) is 1. The molecule has 0 bridgehead atoms. The van der Waals surface area contributed by atoms with E-state index in [9.17, 15) is 0 Å². The van der Waals surface area contributed by atoms with Gasteiger partial charge in [-0.2, -0.15) is 0 Å². The fourth-order valence-electron chi connectivity index (χ4n) is 7.34. The van der Waals surface area contributed by atoms with Crippen molar-refractivity contribution in [3.05, 3.63) is 24.3 Å². The van der Waals surface area contributed by atoms with Gasteiger partial charge in [-0.3, -0.25) is 4.90 Å². The van der Waals surface area contributed by atoms with Crippen LogP contribution in [-0.4, -0.2) is 58.8 Å². The van der Waals surface area contributed by atoms with Gasteiger partial charge in [-0.1, -0.05) is 44.2 Å². The number of benzene rings is 1. The van der Waals surface area contributed by atoms with Crippen LogP contribution in [0.5, 0.6) is 0 Å². The van der Waals surface area contributed by atoms with Gasteiger partial charge in [0.1, 0.15) is 0 Å². The van der Waals surface area contributed by atoms with E-state index in [-0.39, 0.29) is 0 Å². The van der Waals surface area contributed by atoms with Gasteiger partial charge >= 0.3 is 0 Å². The molecule has 3 saturated heterocycles. The van der Waals surface area contributed by atoms with E-state index in [2.05, 4.69) is 50.9 Å². The van der Waals surface area contributed by atoms with Crippen molar-refractivity contribution in [3.63, 3.8) is 0 Å². The number of imidazole rings is 1. The second-order valence-electron chi connectivity index (χ2n) is 11.2. The third-order valence-electron chi connectivity index (χ3n) is 9.30. The number of rotatable bonds is 3. The number of nitrogens with one attached hydrogen (secondary N) is 1. The first kappa shape index (κ1) is 21.0. The minimum Gasteiger partial charge on any atom is -0.338 e. The van der Waals surface area contributed by atoms with Gasteiger partial charge in [0.05, 0.1) is 11.0 Å². The SMILES string of the molecule is CC1(N2CCC(n3c(N4CCC5CNCC54)nc4ccccc43)CC2)CCCCCCC1. The maximum Gasteiger partial charge on any atom is 0.207 e. The van der Waals surface area contributed by atoms with Gasteiger partial charge in [0.25, 0.3) is 0 Å². The molecular weight excluding hydrogens is 394 g/mol. The highest BCUT2D eigenvalue weighted by atomic mass is 15.4. The van der Waals surface area contributed by atoms with Gasteiger partial charge in [0.2, 0.25) is 5.95 Å². The van der Waals surface area contributed by atoms with Gasteiger partial charge in [-0.15, -0.1) is 0 Å². The first-order valence-electron chi connectivity index (χ1n) is 13.4. The molecule has 6 rings (SSSR count). The average Bonchev–Trinajstić information content (AvgIpc) is 3.50. The zero-order valence-corrected chi connectivity index (χ0v) is 19.9. The number of nitrogens with zero attached hydrogens (tertiary/aromatic N) is 4. The van der Waals surface area contributed by atoms with E-state index in [1.54, 1.807) is 0 Å². The standard InChI is InChI=1S/C27H41N5/c1-27(14-7-3-2-4-8-15-27)30-16-12-22(13-17-30)32-24-10-6-5-9-23(24)29-26(32)31-18-11-21-19-28-20-25(21)31/h5-6,9-10,21-22,25,28H,2-4,7-8,11-20H2,1H3. The average molecular weight is 436 g/mol. The Morgan fingerprint density at radius 1 is 0.906 bits per heavy atom. The monoisotopic (exact) mass is 435 g/mol. The highest BCUT2D eigenvalue weighted by Gasteiger charge is 2.41. The van der Waals surface area contributed by atoms with Crippen molar-refractivity contribution in [2.45, 2.75) is 88.8 Å². The van der Waals surface area contributed by atoms with E-state index in [1.807, 2.05) is 0 Å². The van der Waals surface area contributed by atoms with E-state index in [4.69, 9.17) is 4.98 Å². The second-order valence-corrected chi connectivity index (χ2v) is 11.2. The van der Waals surface area contributed by atoms with Crippen LogP contribution in [0, 0.1) is 5.92 Å². The predicted molar refractivity (Wildman–Crippen MR) is 132 cm³/mol. The van der Waals surface area contributed by atoms with Crippen LogP contribution in [0.2, 0.25) is 0 Å². The maximum atomic E-state index is 5.22. The summed E-state index contributed by atoms with van der Waals surface area (Å²) in [5.41, 5.74) is 2.93. The topological polar surface area (TPSA) is 36.3 Å². The molecule has 1 saturated carbocycles. The molecule has 3 aliphatic heterocycles. The summed E-state index contributed by atoms with van der Waals surface area (Å²) in [5.74, 6) is 2.04. The Balaban J connectivity index is 1.25. The van der Waals surface area contributed by atoms with Crippen LogP contribution in [0.1, 0.15) is 77.2 Å². The largest absolute Gasteiger partial charge is 0.338 e. The zero-order valence-electron chi connectivity index (χ0n) is 19.9. The molecule has 2 atom stereocenters. The third kappa shape index (κ3) is 3.66. The van der Waals surface area contributed by atoms with Crippen molar-refractivity contribution >= 4 is 17.0 Å². The number of hydrogen-bond acceptors (Lipinski definition) is 4.